The lowest BCUT2D eigenvalue weighted by atomic mass is 10.0. The van der Waals surface area contributed by atoms with Gasteiger partial charge < -0.3 is 14.2 Å². The van der Waals surface area contributed by atoms with Gasteiger partial charge in [-0.25, -0.2) is 0 Å². The van der Waals surface area contributed by atoms with E-state index in [0.717, 1.165) is 51.4 Å². The van der Waals surface area contributed by atoms with E-state index in [9.17, 15) is 14.4 Å². The van der Waals surface area contributed by atoms with Gasteiger partial charge in [-0.15, -0.1) is 0 Å². The van der Waals surface area contributed by atoms with E-state index in [1.165, 1.54) is 173 Å². The largest absolute Gasteiger partial charge is 0.462 e. The summed E-state index contributed by atoms with van der Waals surface area (Å²) in [5.74, 6) is -0.958. The number of ether oxygens (including phenoxy) is 3. The van der Waals surface area contributed by atoms with Crippen molar-refractivity contribution in [1.82, 2.24) is 0 Å². The summed E-state index contributed by atoms with van der Waals surface area (Å²) in [6, 6.07) is 0. The number of allylic oxidation sites excluding steroid dienone is 10. The van der Waals surface area contributed by atoms with Crippen molar-refractivity contribution in [2.45, 2.75) is 277 Å². The van der Waals surface area contributed by atoms with Crippen LogP contribution in [-0.4, -0.2) is 37.2 Å². The van der Waals surface area contributed by atoms with Crippen LogP contribution in [0.1, 0.15) is 271 Å². The third kappa shape index (κ3) is 50.1. The van der Waals surface area contributed by atoms with Crippen molar-refractivity contribution in [3.05, 3.63) is 60.8 Å². The number of esters is 3. The zero-order valence-corrected chi connectivity index (χ0v) is 42.3. The van der Waals surface area contributed by atoms with Crippen LogP contribution in [0, 0.1) is 0 Å². The smallest absolute Gasteiger partial charge is 0.306 e. The molecule has 64 heavy (non-hydrogen) atoms. The molecule has 0 saturated heterocycles. The predicted octanol–water partition coefficient (Wildman–Crippen LogP) is 18.0. The van der Waals surface area contributed by atoms with Crippen molar-refractivity contribution in [2.75, 3.05) is 13.2 Å². The monoisotopic (exact) mass is 895 g/mol. The lowest BCUT2D eigenvalue weighted by Crippen LogP contribution is -2.30. The molecule has 1 atom stereocenters. The minimum atomic E-state index is -0.799. The molecular weight excluding hydrogens is 793 g/mol. The third-order valence-corrected chi connectivity index (χ3v) is 11.9. The highest BCUT2D eigenvalue weighted by Crippen LogP contribution is 2.17. The number of rotatable bonds is 49. The Hall–Kier alpha value is -2.89. The van der Waals surface area contributed by atoms with Crippen molar-refractivity contribution in [3.8, 4) is 0 Å². The molecule has 0 aliphatic rings. The van der Waals surface area contributed by atoms with Crippen LogP contribution >= 0.6 is 0 Å². The van der Waals surface area contributed by atoms with Gasteiger partial charge in [0.25, 0.3) is 0 Å². The van der Waals surface area contributed by atoms with Crippen LogP contribution in [0.3, 0.4) is 0 Å². The van der Waals surface area contributed by atoms with Gasteiger partial charge in [0, 0.05) is 19.3 Å². The Morgan fingerprint density at radius 3 is 0.953 bits per heavy atom. The molecule has 0 spiro atoms. The predicted molar refractivity (Wildman–Crippen MR) is 275 cm³/mol. The van der Waals surface area contributed by atoms with Crippen LogP contribution in [0.2, 0.25) is 0 Å². The number of carbonyl (C=O) groups excluding carboxylic acids is 3. The van der Waals surface area contributed by atoms with Gasteiger partial charge in [0.2, 0.25) is 0 Å². The van der Waals surface area contributed by atoms with Gasteiger partial charge in [-0.2, -0.15) is 0 Å². The van der Waals surface area contributed by atoms with Crippen LogP contribution in [0.4, 0.5) is 0 Å². The average molecular weight is 895 g/mol. The van der Waals surface area contributed by atoms with Gasteiger partial charge >= 0.3 is 17.9 Å². The summed E-state index contributed by atoms with van der Waals surface area (Å²) in [6.45, 7) is 6.46. The van der Waals surface area contributed by atoms with Gasteiger partial charge in [0.05, 0.1) is 0 Å². The Labute approximate surface area is 396 Å². The van der Waals surface area contributed by atoms with E-state index in [2.05, 4.69) is 26.8 Å². The maximum absolute atomic E-state index is 12.8. The molecule has 0 rings (SSSR count). The molecule has 370 valence electrons. The Morgan fingerprint density at radius 1 is 0.328 bits per heavy atom. The second-order valence-electron chi connectivity index (χ2n) is 18.2. The molecule has 0 N–H and O–H groups in total. The number of carbonyl (C=O) groups is 3. The van der Waals surface area contributed by atoms with Gasteiger partial charge in [0.1, 0.15) is 13.2 Å². The van der Waals surface area contributed by atoms with Crippen LogP contribution in [-0.2, 0) is 28.6 Å². The summed E-state index contributed by atoms with van der Waals surface area (Å²) in [4.78, 5) is 38.0. The first-order chi connectivity index (χ1) is 31.5. The fraction of sp³-hybridized carbons (Fsp3) is 0.776. The number of hydrogen-bond acceptors (Lipinski definition) is 6. The first-order valence-corrected chi connectivity index (χ1v) is 27.4. The van der Waals surface area contributed by atoms with Crippen LogP contribution in [0.5, 0.6) is 0 Å². The van der Waals surface area contributed by atoms with Crippen molar-refractivity contribution in [3.63, 3.8) is 0 Å². The van der Waals surface area contributed by atoms with Crippen LogP contribution in [0.15, 0.2) is 60.8 Å². The Morgan fingerprint density at radius 2 is 0.609 bits per heavy atom. The summed E-state index contributed by atoms with van der Waals surface area (Å²) < 4.78 is 16.8. The molecule has 0 heterocycles. The minimum Gasteiger partial charge on any atom is -0.462 e. The molecule has 0 aliphatic carbocycles. The van der Waals surface area contributed by atoms with E-state index in [1.54, 1.807) is 0 Å². The van der Waals surface area contributed by atoms with E-state index in [-0.39, 0.29) is 37.5 Å². The molecule has 0 bridgehead atoms. The molecule has 6 heteroatoms. The second-order valence-corrected chi connectivity index (χ2v) is 18.2. The van der Waals surface area contributed by atoms with Gasteiger partial charge in [-0.1, -0.05) is 281 Å². The summed E-state index contributed by atoms with van der Waals surface area (Å²) in [5, 5.41) is 0. The van der Waals surface area contributed by atoms with Crippen molar-refractivity contribution in [2.24, 2.45) is 0 Å². The van der Waals surface area contributed by atoms with Crippen molar-refractivity contribution >= 4 is 17.9 Å². The first kappa shape index (κ1) is 61.1. The molecule has 0 aliphatic heterocycles. The lowest BCUT2D eigenvalue weighted by Gasteiger charge is -2.18. The first-order valence-electron chi connectivity index (χ1n) is 27.4. The zero-order valence-electron chi connectivity index (χ0n) is 42.3. The third-order valence-electron chi connectivity index (χ3n) is 11.9. The minimum absolute atomic E-state index is 0.0927. The van der Waals surface area contributed by atoms with Gasteiger partial charge in [-0.05, 0) is 32.1 Å². The highest BCUT2D eigenvalue weighted by atomic mass is 16.6. The SMILES string of the molecule is CC/C=C/C=C/C=C/C=C/C=C/CCCC(=O)OCC(COC(=O)CCCCCCCCCCCCCCCCCCC)OC(=O)CCCCCCCCCCCCCCCCCC. The summed E-state index contributed by atoms with van der Waals surface area (Å²) >= 11 is 0. The van der Waals surface area contributed by atoms with E-state index in [1.807, 2.05) is 54.7 Å². The Kier molecular flexibility index (Phi) is 50.4. The van der Waals surface area contributed by atoms with Crippen molar-refractivity contribution < 1.29 is 28.6 Å². The maximum Gasteiger partial charge on any atom is 0.306 e. The topological polar surface area (TPSA) is 78.9 Å². The molecule has 0 amide bonds. The molecular formula is C58H102O6. The van der Waals surface area contributed by atoms with Gasteiger partial charge in [0.15, 0.2) is 6.10 Å². The fourth-order valence-electron chi connectivity index (χ4n) is 7.83. The van der Waals surface area contributed by atoms with E-state index in [4.69, 9.17) is 14.2 Å². The highest BCUT2D eigenvalue weighted by molar-refractivity contribution is 5.71. The van der Waals surface area contributed by atoms with Gasteiger partial charge in [-0.3, -0.25) is 14.4 Å². The van der Waals surface area contributed by atoms with Crippen LogP contribution < -0.4 is 0 Å². The number of unbranched alkanes of at least 4 members (excludes halogenated alkanes) is 32. The highest BCUT2D eigenvalue weighted by Gasteiger charge is 2.19. The molecule has 0 fully saturated rings. The molecule has 0 saturated carbocycles. The Bertz CT molecular complexity index is 1170. The number of hydrogen-bond donors (Lipinski definition) is 0. The zero-order chi connectivity index (χ0) is 46.5. The Balaban J connectivity index is 4.41. The summed E-state index contributed by atoms with van der Waals surface area (Å²) in [6.07, 6.45) is 65.0. The normalized spacial score (nSPS) is 12.5. The maximum atomic E-state index is 12.8. The lowest BCUT2D eigenvalue weighted by molar-refractivity contribution is -0.167. The average Bonchev–Trinajstić information content (AvgIpc) is 3.29. The van der Waals surface area contributed by atoms with E-state index >= 15 is 0 Å². The standard InChI is InChI=1S/C58H102O6/c1-4-7-10-13-16-19-22-25-27-29-31-33-36-39-42-45-48-51-57(60)63-54-55(53-62-56(59)50-47-44-41-38-35-32-24-21-18-15-12-9-6-3)64-58(61)52-49-46-43-40-37-34-30-28-26-23-20-17-14-11-8-5-2/h9,12,15,18,21,24,32,35,38,41,55H,4-8,10-11,13-14,16-17,19-20,22-23,25-31,33-34,36-37,39-40,42-54H2,1-3H3/b12-9+,18-15+,24-21+,35-32+,41-38+. The second kappa shape index (κ2) is 52.7. The van der Waals surface area contributed by atoms with Crippen molar-refractivity contribution in [1.29, 1.82) is 0 Å². The quantitative estimate of drug-likeness (QED) is 0.0262. The molecule has 0 aromatic carbocycles. The van der Waals surface area contributed by atoms with E-state index < -0.39 is 6.10 Å². The summed E-state index contributed by atoms with van der Waals surface area (Å²) in [5.41, 5.74) is 0. The molecule has 1 unspecified atom stereocenters. The fourth-order valence-corrected chi connectivity index (χ4v) is 7.83. The molecule has 0 aromatic heterocycles. The molecule has 0 radical (unpaired) electrons. The van der Waals surface area contributed by atoms with Crippen LogP contribution in [0.25, 0.3) is 0 Å². The summed E-state index contributed by atoms with van der Waals surface area (Å²) in [7, 11) is 0. The van der Waals surface area contributed by atoms with E-state index in [0.29, 0.717) is 19.3 Å². The molecule has 0 aromatic rings. The molecule has 6 nitrogen and oxygen atoms in total.